The molecule has 2 aromatic carbocycles. The van der Waals surface area contributed by atoms with Gasteiger partial charge < -0.3 is 15.0 Å². The van der Waals surface area contributed by atoms with Gasteiger partial charge >= 0.3 is 0 Å². The summed E-state index contributed by atoms with van der Waals surface area (Å²) in [5, 5.41) is 3.48. The summed E-state index contributed by atoms with van der Waals surface area (Å²) >= 11 is 12.0. The van der Waals surface area contributed by atoms with Crippen molar-refractivity contribution in [3.05, 3.63) is 76.3 Å². The first-order valence-corrected chi connectivity index (χ1v) is 10.3. The van der Waals surface area contributed by atoms with Crippen LogP contribution in [0.1, 0.15) is 29.8 Å². The van der Waals surface area contributed by atoms with Crippen LogP contribution in [0.5, 0.6) is 5.75 Å². The van der Waals surface area contributed by atoms with E-state index in [1.807, 2.05) is 38.1 Å². The maximum Gasteiger partial charge on any atom is 0.253 e. The highest BCUT2D eigenvalue weighted by molar-refractivity contribution is 6.36. The Morgan fingerprint density at radius 1 is 1.17 bits per heavy atom. The maximum absolute atomic E-state index is 13.0. The second-order valence-corrected chi connectivity index (χ2v) is 8.10. The number of benzene rings is 2. The van der Waals surface area contributed by atoms with E-state index < -0.39 is 11.9 Å². The molecule has 0 bridgehead atoms. The molecule has 0 saturated heterocycles. The van der Waals surface area contributed by atoms with Crippen LogP contribution in [-0.4, -0.2) is 36.4 Å². The second kappa shape index (κ2) is 11.0. The van der Waals surface area contributed by atoms with E-state index in [1.165, 1.54) is 6.07 Å². The molecule has 160 valence electrons. The van der Waals surface area contributed by atoms with Crippen LogP contribution in [0, 0.1) is 5.92 Å². The van der Waals surface area contributed by atoms with Crippen molar-refractivity contribution >= 4 is 35.0 Å². The van der Waals surface area contributed by atoms with Gasteiger partial charge in [0.05, 0.1) is 10.6 Å². The lowest BCUT2D eigenvalue weighted by Gasteiger charge is -2.27. The smallest absolute Gasteiger partial charge is 0.253 e. The van der Waals surface area contributed by atoms with Crippen molar-refractivity contribution < 1.29 is 14.3 Å². The molecule has 0 aliphatic carbocycles. The van der Waals surface area contributed by atoms with Crippen molar-refractivity contribution in [2.75, 3.05) is 13.7 Å². The Kier molecular flexibility index (Phi) is 8.75. The molecule has 1 atom stereocenters. The summed E-state index contributed by atoms with van der Waals surface area (Å²) in [6.45, 7) is 8.22. The van der Waals surface area contributed by atoms with E-state index in [9.17, 15) is 9.59 Å². The molecule has 30 heavy (non-hydrogen) atoms. The molecule has 0 radical (unpaired) electrons. The standard InChI is InChI=1S/C23H26Cl2N2O3/c1-5-12-30-18-9-6-16(7-10-18)14-27(4)23(29)21(15(2)3)26-22(28)19-11-8-17(24)13-20(19)25/h5-11,13,15,21H,1,12,14H2,2-4H3,(H,26,28)/t21-/m0/s1. The van der Waals surface area contributed by atoms with Gasteiger partial charge in [0.25, 0.3) is 5.91 Å². The molecule has 0 aliphatic rings. The van der Waals surface area contributed by atoms with Crippen molar-refractivity contribution in [1.82, 2.24) is 10.2 Å². The van der Waals surface area contributed by atoms with Crippen molar-refractivity contribution in [3.8, 4) is 5.75 Å². The number of amides is 2. The third kappa shape index (κ3) is 6.51. The van der Waals surface area contributed by atoms with Crippen molar-refractivity contribution in [2.45, 2.75) is 26.4 Å². The molecule has 5 nitrogen and oxygen atoms in total. The number of rotatable bonds is 9. The summed E-state index contributed by atoms with van der Waals surface area (Å²) in [5.41, 5.74) is 1.23. The van der Waals surface area contributed by atoms with Gasteiger partial charge in [-0.2, -0.15) is 0 Å². The lowest BCUT2D eigenvalue weighted by Crippen LogP contribution is -2.50. The van der Waals surface area contributed by atoms with Gasteiger partial charge in [0.15, 0.2) is 0 Å². The van der Waals surface area contributed by atoms with Crippen molar-refractivity contribution in [2.24, 2.45) is 5.92 Å². The van der Waals surface area contributed by atoms with Crippen LogP contribution in [0.2, 0.25) is 10.0 Å². The minimum absolute atomic E-state index is 0.107. The van der Waals surface area contributed by atoms with Crippen LogP contribution < -0.4 is 10.1 Å². The molecule has 0 unspecified atom stereocenters. The van der Waals surface area contributed by atoms with Gasteiger partial charge in [-0.05, 0) is 41.8 Å². The number of halogens is 2. The molecule has 0 aromatic heterocycles. The maximum atomic E-state index is 13.0. The predicted molar refractivity (Wildman–Crippen MR) is 121 cm³/mol. The fourth-order valence-electron chi connectivity index (χ4n) is 2.84. The summed E-state index contributed by atoms with van der Waals surface area (Å²) in [6.07, 6.45) is 1.68. The molecule has 1 N–H and O–H groups in total. The summed E-state index contributed by atoms with van der Waals surface area (Å²) in [7, 11) is 1.71. The highest BCUT2D eigenvalue weighted by Gasteiger charge is 2.28. The summed E-state index contributed by atoms with van der Waals surface area (Å²) in [6, 6.07) is 11.4. The summed E-state index contributed by atoms with van der Waals surface area (Å²) in [5.74, 6) is 0.0284. The van der Waals surface area contributed by atoms with Gasteiger partial charge in [0.1, 0.15) is 18.4 Å². The fraction of sp³-hybridized carbons (Fsp3) is 0.304. The molecule has 0 fully saturated rings. The molecule has 0 spiro atoms. The van der Waals surface area contributed by atoms with E-state index in [0.717, 1.165) is 11.3 Å². The number of likely N-dealkylation sites (N-methyl/N-ethyl adjacent to an activating group) is 1. The third-order valence-electron chi connectivity index (χ3n) is 4.48. The number of ether oxygens (including phenoxy) is 1. The lowest BCUT2D eigenvalue weighted by atomic mass is 10.0. The largest absolute Gasteiger partial charge is 0.490 e. The van der Waals surface area contributed by atoms with E-state index in [4.69, 9.17) is 27.9 Å². The number of nitrogens with one attached hydrogen (secondary N) is 1. The quantitative estimate of drug-likeness (QED) is 0.550. The average Bonchev–Trinajstić information content (AvgIpc) is 2.70. The fourth-order valence-corrected chi connectivity index (χ4v) is 3.34. The first-order chi connectivity index (χ1) is 14.2. The van der Waals surface area contributed by atoms with Gasteiger partial charge in [-0.15, -0.1) is 0 Å². The van der Waals surface area contributed by atoms with Crippen LogP contribution >= 0.6 is 23.2 Å². The molecule has 7 heteroatoms. The van der Waals surface area contributed by atoms with E-state index in [2.05, 4.69) is 11.9 Å². The Balaban J connectivity index is 2.06. The summed E-state index contributed by atoms with van der Waals surface area (Å²) in [4.78, 5) is 27.3. The Morgan fingerprint density at radius 2 is 1.83 bits per heavy atom. The molecular weight excluding hydrogens is 423 g/mol. The van der Waals surface area contributed by atoms with Gasteiger partial charge in [-0.25, -0.2) is 0 Å². The first-order valence-electron chi connectivity index (χ1n) is 9.56. The lowest BCUT2D eigenvalue weighted by molar-refractivity contribution is -0.133. The van der Waals surface area contributed by atoms with Crippen LogP contribution in [0.3, 0.4) is 0 Å². The molecule has 2 aromatic rings. The zero-order chi connectivity index (χ0) is 22.3. The SMILES string of the molecule is C=CCOc1ccc(CN(C)C(=O)[C@@H](NC(=O)c2ccc(Cl)cc2Cl)C(C)C)cc1. The molecule has 2 rings (SSSR count). The molecular formula is C23H26Cl2N2O3. The van der Waals surface area contributed by atoms with Gasteiger partial charge in [-0.3, -0.25) is 9.59 Å². The van der Waals surface area contributed by atoms with Gasteiger partial charge in [0, 0.05) is 18.6 Å². The highest BCUT2D eigenvalue weighted by Crippen LogP contribution is 2.21. The Morgan fingerprint density at radius 3 is 2.40 bits per heavy atom. The van der Waals surface area contributed by atoms with Crippen LogP contribution in [-0.2, 0) is 11.3 Å². The number of hydrogen-bond acceptors (Lipinski definition) is 3. The highest BCUT2D eigenvalue weighted by atomic mass is 35.5. The normalized spacial score (nSPS) is 11.7. The topological polar surface area (TPSA) is 58.6 Å². The zero-order valence-electron chi connectivity index (χ0n) is 17.3. The number of carbonyl (C=O) groups is 2. The molecule has 0 saturated carbocycles. The molecule has 0 aliphatic heterocycles. The second-order valence-electron chi connectivity index (χ2n) is 7.26. The van der Waals surface area contributed by atoms with Gasteiger partial charge in [-0.1, -0.05) is 61.8 Å². The van der Waals surface area contributed by atoms with E-state index in [0.29, 0.717) is 18.2 Å². The summed E-state index contributed by atoms with van der Waals surface area (Å²) < 4.78 is 5.47. The zero-order valence-corrected chi connectivity index (χ0v) is 18.8. The third-order valence-corrected chi connectivity index (χ3v) is 5.03. The molecule has 2 amide bonds. The predicted octanol–water partition coefficient (Wildman–Crippen LogP) is 4.97. The van der Waals surface area contributed by atoms with Crippen molar-refractivity contribution in [3.63, 3.8) is 0 Å². The minimum Gasteiger partial charge on any atom is -0.490 e. The van der Waals surface area contributed by atoms with E-state index >= 15 is 0 Å². The Hall–Kier alpha value is -2.50. The first kappa shape index (κ1) is 23.8. The van der Waals surface area contributed by atoms with E-state index in [-0.39, 0.29) is 22.4 Å². The minimum atomic E-state index is -0.690. The average molecular weight is 449 g/mol. The Labute approximate surface area is 187 Å². The Bertz CT molecular complexity index is 898. The van der Waals surface area contributed by atoms with E-state index in [1.54, 1.807) is 30.2 Å². The van der Waals surface area contributed by atoms with Gasteiger partial charge in [0.2, 0.25) is 5.91 Å². The number of hydrogen-bond donors (Lipinski definition) is 1. The van der Waals surface area contributed by atoms with Crippen LogP contribution in [0.15, 0.2) is 55.1 Å². The monoisotopic (exact) mass is 448 g/mol. The van der Waals surface area contributed by atoms with Crippen LogP contribution in [0.4, 0.5) is 0 Å². The van der Waals surface area contributed by atoms with Crippen LogP contribution in [0.25, 0.3) is 0 Å². The number of nitrogens with zero attached hydrogens (tertiary/aromatic N) is 1. The van der Waals surface area contributed by atoms with Crippen molar-refractivity contribution in [1.29, 1.82) is 0 Å². The molecule has 0 heterocycles. The number of carbonyl (C=O) groups excluding carboxylic acids is 2.